The maximum atomic E-state index is 6.02. The molecule has 2 atom stereocenters. The van der Waals surface area contributed by atoms with Crippen LogP contribution in [0, 0.1) is 5.92 Å². The van der Waals surface area contributed by atoms with Crippen molar-refractivity contribution < 1.29 is 4.74 Å². The second-order valence-corrected chi connectivity index (χ2v) is 5.06. The quantitative estimate of drug-likeness (QED) is 0.577. The smallest absolute Gasteiger partial charge is 0.118 e. The summed E-state index contributed by atoms with van der Waals surface area (Å²) in [6.45, 7) is 4.57. The van der Waals surface area contributed by atoms with E-state index in [-0.39, 0.29) is 0 Å². The number of ether oxygens (including phenoxy) is 1. The van der Waals surface area contributed by atoms with Crippen LogP contribution in [0.25, 0.3) is 0 Å². The molecule has 0 aromatic carbocycles. The molecular weight excluding hydrogens is 184 g/mol. The van der Waals surface area contributed by atoms with Crippen LogP contribution >= 0.6 is 0 Å². The lowest BCUT2D eigenvalue weighted by Gasteiger charge is -2.19. The third-order valence-electron chi connectivity index (χ3n) is 3.56. The molecule has 0 N–H and O–H groups in total. The highest BCUT2D eigenvalue weighted by atomic mass is 16.5. The van der Waals surface area contributed by atoms with Crippen LogP contribution in [0.4, 0.5) is 0 Å². The Balaban J connectivity index is 2.13. The van der Waals surface area contributed by atoms with Crippen LogP contribution < -0.4 is 0 Å². The van der Waals surface area contributed by atoms with Gasteiger partial charge in [-0.25, -0.2) is 0 Å². The maximum Gasteiger partial charge on any atom is 0.118 e. The van der Waals surface area contributed by atoms with Crippen molar-refractivity contribution in [3.05, 3.63) is 23.5 Å². The number of allylic oxidation sites excluding steroid dienone is 3. The first kappa shape index (κ1) is 10.8. The predicted molar refractivity (Wildman–Crippen MR) is 63.6 cm³/mol. The van der Waals surface area contributed by atoms with Gasteiger partial charge in [0.05, 0.1) is 6.10 Å². The van der Waals surface area contributed by atoms with Gasteiger partial charge in [-0.05, 0) is 63.0 Å². The van der Waals surface area contributed by atoms with Gasteiger partial charge in [0.25, 0.3) is 0 Å². The van der Waals surface area contributed by atoms with Crippen LogP contribution in [-0.2, 0) is 4.74 Å². The Hall–Kier alpha value is -0.720. The topological polar surface area (TPSA) is 9.23 Å². The van der Waals surface area contributed by atoms with E-state index in [1.54, 1.807) is 5.57 Å². The summed E-state index contributed by atoms with van der Waals surface area (Å²) in [5.41, 5.74) is 1.55. The molecule has 0 radical (unpaired) electrons. The molecular formula is C14H22O. The summed E-state index contributed by atoms with van der Waals surface area (Å²) < 4.78 is 6.02. The van der Waals surface area contributed by atoms with Crippen molar-refractivity contribution in [1.29, 1.82) is 0 Å². The van der Waals surface area contributed by atoms with Crippen LogP contribution in [0.2, 0.25) is 0 Å². The fourth-order valence-electron chi connectivity index (χ4n) is 2.42. The van der Waals surface area contributed by atoms with E-state index >= 15 is 0 Å². The molecule has 15 heavy (non-hydrogen) atoms. The van der Waals surface area contributed by atoms with Crippen LogP contribution in [0.3, 0.4) is 0 Å². The number of rotatable bonds is 0. The molecule has 0 aromatic rings. The molecule has 2 rings (SSSR count). The molecule has 0 spiro atoms. The fourth-order valence-corrected chi connectivity index (χ4v) is 2.42. The van der Waals surface area contributed by atoms with E-state index in [9.17, 15) is 0 Å². The molecule has 1 nitrogen and oxygen atoms in total. The van der Waals surface area contributed by atoms with Crippen LogP contribution in [0.15, 0.2) is 23.5 Å². The minimum Gasteiger partial charge on any atom is -0.491 e. The molecule has 0 amide bonds. The summed E-state index contributed by atoms with van der Waals surface area (Å²) in [5, 5.41) is 0. The zero-order chi connectivity index (χ0) is 10.7. The van der Waals surface area contributed by atoms with E-state index in [4.69, 9.17) is 4.74 Å². The van der Waals surface area contributed by atoms with Gasteiger partial charge in [-0.15, -0.1) is 0 Å². The lowest BCUT2D eigenvalue weighted by atomic mass is 9.93. The van der Waals surface area contributed by atoms with E-state index in [1.165, 1.54) is 44.3 Å². The second-order valence-electron chi connectivity index (χ2n) is 5.06. The molecule has 84 valence electrons. The summed E-state index contributed by atoms with van der Waals surface area (Å²) >= 11 is 0. The highest BCUT2D eigenvalue weighted by Crippen LogP contribution is 2.30. The van der Waals surface area contributed by atoms with Crippen molar-refractivity contribution in [2.45, 2.75) is 58.5 Å². The van der Waals surface area contributed by atoms with Crippen molar-refractivity contribution >= 4 is 0 Å². The van der Waals surface area contributed by atoms with Gasteiger partial charge in [-0.3, -0.25) is 0 Å². The molecule has 0 fully saturated rings. The second kappa shape index (κ2) is 4.87. The molecule has 0 aromatic heterocycles. The summed E-state index contributed by atoms with van der Waals surface area (Å²) in [6.07, 6.45) is 12.3. The van der Waals surface area contributed by atoms with Crippen LogP contribution in [0.5, 0.6) is 0 Å². The molecule has 0 saturated heterocycles. The van der Waals surface area contributed by atoms with Crippen molar-refractivity contribution in [2.24, 2.45) is 5.92 Å². The van der Waals surface area contributed by atoms with Gasteiger partial charge in [-0.2, -0.15) is 0 Å². The lowest BCUT2D eigenvalue weighted by Crippen LogP contribution is -2.09. The molecule has 1 heterocycles. The van der Waals surface area contributed by atoms with Crippen molar-refractivity contribution in [3.8, 4) is 0 Å². The molecule has 2 aliphatic rings. The van der Waals surface area contributed by atoms with Crippen molar-refractivity contribution in [1.82, 2.24) is 0 Å². The van der Waals surface area contributed by atoms with Gasteiger partial charge in [-0.1, -0.05) is 13.0 Å². The molecule has 1 heteroatoms. The third kappa shape index (κ3) is 2.87. The average Bonchev–Trinajstić information content (AvgIpc) is 2.30. The van der Waals surface area contributed by atoms with Gasteiger partial charge in [0.2, 0.25) is 0 Å². The highest BCUT2D eigenvalue weighted by molar-refractivity contribution is 5.25. The third-order valence-corrected chi connectivity index (χ3v) is 3.56. The Labute approximate surface area is 93.2 Å². The molecule has 1 aliphatic heterocycles. The lowest BCUT2D eigenvalue weighted by molar-refractivity contribution is 0.125. The fraction of sp³-hybridized carbons (Fsp3) is 0.714. The number of hydrogen-bond acceptors (Lipinski definition) is 1. The van der Waals surface area contributed by atoms with E-state index in [0.29, 0.717) is 6.10 Å². The first-order valence-corrected chi connectivity index (χ1v) is 6.31. The highest BCUT2D eigenvalue weighted by Gasteiger charge is 2.17. The van der Waals surface area contributed by atoms with Crippen LogP contribution in [0.1, 0.15) is 52.4 Å². The first-order chi connectivity index (χ1) is 7.25. The van der Waals surface area contributed by atoms with Crippen LogP contribution in [-0.4, -0.2) is 6.10 Å². The SMILES string of the molecule is CC1CCC2=C(C=CCC2)OC(C)CC1. The van der Waals surface area contributed by atoms with Gasteiger partial charge in [0.1, 0.15) is 5.76 Å². The van der Waals surface area contributed by atoms with Crippen molar-refractivity contribution in [3.63, 3.8) is 0 Å². The van der Waals surface area contributed by atoms with Gasteiger partial charge in [0, 0.05) is 0 Å². The van der Waals surface area contributed by atoms with E-state index in [2.05, 4.69) is 26.0 Å². The average molecular weight is 206 g/mol. The summed E-state index contributed by atoms with van der Waals surface area (Å²) in [6, 6.07) is 0. The Kier molecular flexibility index (Phi) is 3.50. The molecule has 1 aliphatic carbocycles. The standard InChI is InChI=1S/C14H22O/c1-11-7-9-12(2)15-14-6-4-3-5-13(14)10-8-11/h4,6,11-12H,3,5,7-10H2,1-2H3. The number of hydrogen-bond donors (Lipinski definition) is 0. The Morgan fingerprint density at radius 1 is 1.13 bits per heavy atom. The molecule has 2 unspecified atom stereocenters. The van der Waals surface area contributed by atoms with E-state index in [1.807, 2.05) is 0 Å². The van der Waals surface area contributed by atoms with Gasteiger partial charge in [0.15, 0.2) is 0 Å². The van der Waals surface area contributed by atoms with E-state index < -0.39 is 0 Å². The zero-order valence-corrected chi connectivity index (χ0v) is 9.96. The predicted octanol–water partition coefficient (Wildman–Crippen LogP) is 4.21. The minimum atomic E-state index is 0.387. The Morgan fingerprint density at radius 2 is 2.00 bits per heavy atom. The normalized spacial score (nSPS) is 32.4. The zero-order valence-electron chi connectivity index (χ0n) is 9.96. The Bertz CT molecular complexity index is 275. The summed E-state index contributed by atoms with van der Waals surface area (Å²) in [5.74, 6) is 2.04. The summed E-state index contributed by atoms with van der Waals surface area (Å²) in [7, 11) is 0. The monoisotopic (exact) mass is 206 g/mol. The first-order valence-electron chi connectivity index (χ1n) is 6.31. The molecule has 0 saturated carbocycles. The van der Waals surface area contributed by atoms with Gasteiger partial charge < -0.3 is 4.74 Å². The van der Waals surface area contributed by atoms with E-state index in [0.717, 1.165) is 5.92 Å². The summed E-state index contributed by atoms with van der Waals surface area (Å²) in [4.78, 5) is 0. The van der Waals surface area contributed by atoms with Crippen molar-refractivity contribution in [2.75, 3.05) is 0 Å². The molecule has 0 bridgehead atoms. The Morgan fingerprint density at radius 3 is 2.87 bits per heavy atom. The largest absolute Gasteiger partial charge is 0.491 e. The minimum absolute atomic E-state index is 0.387. The maximum absolute atomic E-state index is 6.02. The van der Waals surface area contributed by atoms with Gasteiger partial charge >= 0.3 is 0 Å².